The smallest absolute Gasteiger partial charge is 0.335 e. The molecule has 1 amide bonds. The Balaban J connectivity index is 2.16. The summed E-state index contributed by atoms with van der Waals surface area (Å²) in [6, 6.07) is 6.77. The molecule has 102 valence electrons. The van der Waals surface area contributed by atoms with Gasteiger partial charge in [-0.05, 0) is 18.2 Å². The number of anilines is 1. The summed E-state index contributed by atoms with van der Waals surface area (Å²) in [5.41, 5.74) is 0.0966. The number of aromatic carboxylic acids is 1. The minimum absolute atomic E-state index is 0.0115. The predicted octanol–water partition coefficient (Wildman–Crippen LogP) is 1.87. The molecular weight excluding hydrogens is 266 g/mol. The third kappa shape index (κ3) is 2.80. The van der Waals surface area contributed by atoms with Gasteiger partial charge in [0.25, 0.3) is 11.6 Å². The molecule has 3 N–H and O–H groups in total. The number of H-pyrrole nitrogens is 1. The Morgan fingerprint density at radius 2 is 2.05 bits per heavy atom. The molecule has 0 saturated heterocycles. The van der Waals surface area contributed by atoms with Crippen LogP contribution in [-0.4, -0.2) is 26.9 Å². The lowest BCUT2D eigenvalue weighted by atomic mass is 10.2. The van der Waals surface area contributed by atoms with Crippen LogP contribution in [0.25, 0.3) is 0 Å². The number of hydrogen-bond donors (Lipinski definition) is 3. The van der Waals surface area contributed by atoms with E-state index in [2.05, 4.69) is 10.3 Å². The van der Waals surface area contributed by atoms with Crippen LogP contribution in [0.5, 0.6) is 0 Å². The average molecular weight is 275 g/mol. The van der Waals surface area contributed by atoms with Crippen molar-refractivity contribution in [3.63, 3.8) is 0 Å². The van der Waals surface area contributed by atoms with Crippen molar-refractivity contribution in [2.24, 2.45) is 0 Å². The van der Waals surface area contributed by atoms with E-state index in [-0.39, 0.29) is 22.6 Å². The van der Waals surface area contributed by atoms with Crippen molar-refractivity contribution in [3.05, 3.63) is 57.9 Å². The van der Waals surface area contributed by atoms with Gasteiger partial charge in [0.2, 0.25) is 0 Å². The highest BCUT2D eigenvalue weighted by molar-refractivity contribution is 6.04. The first-order chi connectivity index (χ1) is 9.47. The molecule has 20 heavy (non-hydrogen) atoms. The zero-order chi connectivity index (χ0) is 14.7. The summed E-state index contributed by atoms with van der Waals surface area (Å²) in [5, 5.41) is 21.8. The number of nitro groups is 1. The van der Waals surface area contributed by atoms with E-state index >= 15 is 0 Å². The Hall–Kier alpha value is -3.16. The maximum Gasteiger partial charge on any atom is 0.335 e. The SMILES string of the molecule is O=C(O)c1cccc(NC(=O)c2cc([N+](=O)[O-])c[nH]2)c1. The van der Waals surface area contributed by atoms with Crippen LogP contribution in [0.15, 0.2) is 36.5 Å². The number of carbonyl (C=O) groups excluding carboxylic acids is 1. The number of carboxylic acid groups (broad SMARTS) is 1. The molecule has 8 heteroatoms. The third-order valence-corrected chi connectivity index (χ3v) is 2.49. The highest BCUT2D eigenvalue weighted by Gasteiger charge is 2.14. The predicted molar refractivity (Wildman–Crippen MR) is 68.8 cm³/mol. The number of hydrogen-bond acceptors (Lipinski definition) is 4. The second-order valence-corrected chi connectivity index (χ2v) is 3.87. The summed E-state index contributed by atoms with van der Waals surface area (Å²) in [4.78, 5) is 35.0. The number of carboxylic acids is 1. The zero-order valence-corrected chi connectivity index (χ0v) is 9.99. The van der Waals surface area contributed by atoms with E-state index in [4.69, 9.17) is 5.11 Å². The average Bonchev–Trinajstić information content (AvgIpc) is 2.88. The number of amides is 1. The van der Waals surface area contributed by atoms with E-state index in [9.17, 15) is 19.7 Å². The minimum Gasteiger partial charge on any atom is -0.478 e. The maximum atomic E-state index is 11.8. The van der Waals surface area contributed by atoms with Crippen LogP contribution in [0.1, 0.15) is 20.8 Å². The van der Waals surface area contributed by atoms with Gasteiger partial charge < -0.3 is 15.4 Å². The van der Waals surface area contributed by atoms with Gasteiger partial charge in [-0.25, -0.2) is 4.79 Å². The fourth-order valence-electron chi connectivity index (χ4n) is 1.55. The Morgan fingerprint density at radius 1 is 1.30 bits per heavy atom. The van der Waals surface area contributed by atoms with Crippen molar-refractivity contribution in [2.45, 2.75) is 0 Å². The quantitative estimate of drug-likeness (QED) is 0.580. The number of nitrogens with zero attached hydrogens (tertiary/aromatic N) is 1. The van der Waals surface area contributed by atoms with Crippen molar-refractivity contribution >= 4 is 23.3 Å². The van der Waals surface area contributed by atoms with Gasteiger partial charge in [0.15, 0.2) is 0 Å². The number of aromatic amines is 1. The van der Waals surface area contributed by atoms with Crippen molar-refractivity contribution in [1.82, 2.24) is 4.98 Å². The van der Waals surface area contributed by atoms with Crippen LogP contribution in [0.3, 0.4) is 0 Å². The largest absolute Gasteiger partial charge is 0.478 e. The molecule has 0 fully saturated rings. The summed E-state index contributed by atoms with van der Waals surface area (Å²) < 4.78 is 0. The van der Waals surface area contributed by atoms with E-state index in [1.807, 2.05) is 0 Å². The highest BCUT2D eigenvalue weighted by Crippen LogP contribution is 2.15. The topological polar surface area (TPSA) is 125 Å². The fourth-order valence-corrected chi connectivity index (χ4v) is 1.55. The third-order valence-electron chi connectivity index (χ3n) is 2.49. The molecular formula is C12H9N3O5. The van der Waals surface area contributed by atoms with Gasteiger partial charge in [-0.3, -0.25) is 14.9 Å². The lowest BCUT2D eigenvalue weighted by Crippen LogP contribution is -2.12. The molecule has 0 atom stereocenters. The number of benzene rings is 1. The molecule has 0 aliphatic carbocycles. The van der Waals surface area contributed by atoms with Gasteiger partial charge in [-0.15, -0.1) is 0 Å². The molecule has 0 aliphatic rings. The Labute approximate surface area is 112 Å². The molecule has 0 radical (unpaired) electrons. The van der Waals surface area contributed by atoms with E-state index in [0.717, 1.165) is 12.3 Å². The molecule has 2 rings (SSSR count). The number of aromatic nitrogens is 1. The monoisotopic (exact) mass is 275 g/mol. The van der Waals surface area contributed by atoms with E-state index in [0.29, 0.717) is 0 Å². The molecule has 1 aromatic heterocycles. The van der Waals surface area contributed by atoms with Crippen molar-refractivity contribution in [2.75, 3.05) is 5.32 Å². The molecule has 0 spiro atoms. The Bertz CT molecular complexity index is 692. The van der Waals surface area contributed by atoms with Crippen LogP contribution in [-0.2, 0) is 0 Å². The van der Waals surface area contributed by atoms with Crippen LogP contribution in [0.4, 0.5) is 11.4 Å². The van der Waals surface area contributed by atoms with Gasteiger partial charge in [0, 0.05) is 11.8 Å². The normalized spacial score (nSPS) is 10.0. The fraction of sp³-hybridized carbons (Fsp3) is 0. The van der Waals surface area contributed by atoms with Crippen LogP contribution in [0.2, 0.25) is 0 Å². The van der Waals surface area contributed by atoms with Crippen LogP contribution >= 0.6 is 0 Å². The summed E-state index contributed by atoms with van der Waals surface area (Å²) in [7, 11) is 0. The highest BCUT2D eigenvalue weighted by atomic mass is 16.6. The van der Waals surface area contributed by atoms with Crippen molar-refractivity contribution in [1.29, 1.82) is 0 Å². The van der Waals surface area contributed by atoms with Crippen molar-refractivity contribution < 1.29 is 19.6 Å². The molecule has 2 aromatic rings. The Morgan fingerprint density at radius 3 is 2.65 bits per heavy atom. The molecule has 8 nitrogen and oxygen atoms in total. The van der Waals surface area contributed by atoms with Crippen molar-refractivity contribution in [3.8, 4) is 0 Å². The van der Waals surface area contributed by atoms with Crippen LogP contribution < -0.4 is 5.32 Å². The lowest BCUT2D eigenvalue weighted by Gasteiger charge is -2.04. The number of rotatable bonds is 4. The zero-order valence-electron chi connectivity index (χ0n) is 9.99. The maximum absolute atomic E-state index is 11.8. The molecule has 0 unspecified atom stereocenters. The van der Waals surface area contributed by atoms with E-state index in [1.165, 1.54) is 24.3 Å². The molecule has 1 aromatic carbocycles. The van der Waals surface area contributed by atoms with Gasteiger partial charge in [-0.1, -0.05) is 6.07 Å². The second-order valence-electron chi connectivity index (χ2n) is 3.87. The lowest BCUT2D eigenvalue weighted by molar-refractivity contribution is -0.384. The van der Waals surface area contributed by atoms with E-state index in [1.54, 1.807) is 0 Å². The summed E-state index contributed by atoms with van der Waals surface area (Å²) in [6.07, 6.45) is 1.10. The summed E-state index contributed by atoms with van der Waals surface area (Å²) in [6.45, 7) is 0. The summed E-state index contributed by atoms with van der Waals surface area (Å²) in [5.74, 6) is -1.71. The molecule has 0 aliphatic heterocycles. The molecule has 0 bridgehead atoms. The van der Waals surface area contributed by atoms with Gasteiger partial charge >= 0.3 is 5.97 Å². The molecule has 0 saturated carbocycles. The number of carbonyl (C=O) groups is 2. The first-order valence-corrected chi connectivity index (χ1v) is 5.45. The van der Waals surface area contributed by atoms with E-state index < -0.39 is 16.8 Å². The van der Waals surface area contributed by atoms with Gasteiger partial charge in [0.05, 0.1) is 16.7 Å². The molecule has 1 heterocycles. The minimum atomic E-state index is -1.11. The summed E-state index contributed by atoms with van der Waals surface area (Å²) >= 11 is 0. The van der Waals surface area contributed by atoms with Crippen LogP contribution in [0, 0.1) is 10.1 Å². The standard InChI is InChI=1S/C12H9N3O5/c16-11(10-5-9(6-13-10)15(19)20)14-8-3-1-2-7(4-8)12(17)18/h1-6,13H,(H,14,16)(H,17,18). The first-order valence-electron chi connectivity index (χ1n) is 5.45. The van der Waals surface area contributed by atoms with Gasteiger partial charge in [-0.2, -0.15) is 0 Å². The van der Waals surface area contributed by atoms with Gasteiger partial charge in [0.1, 0.15) is 5.69 Å². The second kappa shape index (κ2) is 5.22. The first kappa shape index (κ1) is 13.3. The Kier molecular flexibility index (Phi) is 3.47. The number of nitrogens with one attached hydrogen (secondary N) is 2.